The lowest BCUT2D eigenvalue weighted by molar-refractivity contribution is -0.390. The van der Waals surface area contributed by atoms with Crippen molar-refractivity contribution in [1.82, 2.24) is 5.06 Å². The van der Waals surface area contributed by atoms with Gasteiger partial charge in [-0.15, -0.1) is 10.3 Å². The first-order valence-corrected chi connectivity index (χ1v) is 7.86. The van der Waals surface area contributed by atoms with Gasteiger partial charge in [-0.1, -0.05) is 27.7 Å². The zero-order valence-corrected chi connectivity index (χ0v) is 13.9. The maximum Gasteiger partial charge on any atom is 0.172 e. The summed E-state index contributed by atoms with van der Waals surface area (Å²) in [6.45, 7) is 13.9. The van der Waals surface area contributed by atoms with Crippen molar-refractivity contribution in [2.45, 2.75) is 84.1 Å². The standard InChI is InChI=1S/C16H30NO3/c1-7-14(5)9-16(10-15(6,8-2)17(14)18)19-11-13(3,4)12-20-16/h7-12H2,1-6H3. The highest BCUT2D eigenvalue weighted by atomic mass is 16.7. The molecule has 2 saturated heterocycles. The summed E-state index contributed by atoms with van der Waals surface area (Å²) in [6.07, 6.45) is 2.94. The van der Waals surface area contributed by atoms with Crippen molar-refractivity contribution < 1.29 is 14.7 Å². The van der Waals surface area contributed by atoms with Crippen molar-refractivity contribution in [3.8, 4) is 0 Å². The third-order valence-electron chi connectivity index (χ3n) is 5.26. The van der Waals surface area contributed by atoms with Gasteiger partial charge < -0.3 is 9.47 Å². The predicted molar refractivity (Wildman–Crippen MR) is 77.6 cm³/mol. The number of rotatable bonds is 2. The van der Waals surface area contributed by atoms with Crippen LogP contribution in [-0.2, 0) is 14.7 Å². The van der Waals surface area contributed by atoms with Crippen LogP contribution in [0, 0.1) is 5.41 Å². The van der Waals surface area contributed by atoms with E-state index >= 15 is 0 Å². The third kappa shape index (κ3) is 2.63. The summed E-state index contributed by atoms with van der Waals surface area (Å²) in [5, 5.41) is 14.1. The fourth-order valence-corrected chi connectivity index (χ4v) is 3.50. The fraction of sp³-hybridized carbons (Fsp3) is 1.00. The molecule has 1 radical (unpaired) electrons. The summed E-state index contributed by atoms with van der Waals surface area (Å²) in [7, 11) is 0. The largest absolute Gasteiger partial charge is 0.349 e. The average Bonchev–Trinajstić information content (AvgIpc) is 2.40. The monoisotopic (exact) mass is 284 g/mol. The number of hydroxylamine groups is 2. The molecule has 0 amide bonds. The van der Waals surface area contributed by atoms with E-state index in [-0.39, 0.29) is 5.41 Å². The van der Waals surface area contributed by atoms with E-state index in [1.54, 1.807) is 0 Å². The Morgan fingerprint density at radius 1 is 0.900 bits per heavy atom. The molecule has 2 aliphatic heterocycles. The first-order valence-electron chi connectivity index (χ1n) is 7.86. The fourth-order valence-electron chi connectivity index (χ4n) is 3.50. The van der Waals surface area contributed by atoms with Gasteiger partial charge in [0.15, 0.2) is 5.79 Å². The van der Waals surface area contributed by atoms with Crippen molar-refractivity contribution in [2.24, 2.45) is 5.41 Å². The predicted octanol–water partition coefficient (Wildman–Crippen LogP) is 3.53. The zero-order valence-electron chi connectivity index (χ0n) is 13.9. The second-order valence-electron chi connectivity index (χ2n) is 8.00. The first kappa shape index (κ1) is 16.2. The van der Waals surface area contributed by atoms with Gasteiger partial charge in [0.25, 0.3) is 0 Å². The van der Waals surface area contributed by atoms with Crippen LogP contribution in [0.1, 0.15) is 67.2 Å². The van der Waals surface area contributed by atoms with Gasteiger partial charge >= 0.3 is 0 Å². The molecular formula is C16H30NO3. The molecule has 0 aromatic rings. The second-order valence-corrected chi connectivity index (χ2v) is 8.00. The second kappa shape index (κ2) is 4.94. The van der Waals surface area contributed by atoms with Crippen LogP contribution in [-0.4, -0.2) is 35.1 Å². The molecule has 2 atom stereocenters. The molecule has 2 heterocycles. The quantitative estimate of drug-likeness (QED) is 0.779. The Bertz CT molecular complexity index is 339. The molecule has 0 N–H and O–H groups in total. The molecule has 4 heteroatoms. The topological polar surface area (TPSA) is 41.6 Å². The van der Waals surface area contributed by atoms with E-state index in [1.165, 1.54) is 5.06 Å². The normalized spacial score (nSPS) is 41.0. The van der Waals surface area contributed by atoms with Gasteiger partial charge in [0.05, 0.1) is 24.3 Å². The molecule has 0 aromatic carbocycles. The molecule has 2 rings (SSSR count). The Balaban J connectivity index is 2.28. The summed E-state index contributed by atoms with van der Waals surface area (Å²) in [5.74, 6) is -0.577. The summed E-state index contributed by atoms with van der Waals surface area (Å²) in [5.41, 5.74) is -0.764. The Hall–Kier alpha value is -0.160. The summed E-state index contributed by atoms with van der Waals surface area (Å²) >= 11 is 0. The van der Waals surface area contributed by atoms with Crippen molar-refractivity contribution in [2.75, 3.05) is 13.2 Å². The molecule has 2 unspecified atom stereocenters. The van der Waals surface area contributed by atoms with Gasteiger partial charge in [-0.25, -0.2) is 0 Å². The van der Waals surface area contributed by atoms with Crippen LogP contribution in [0.3, 0.4) is 0 Å². The molecule has 4 nitrogen and oxygen atoms in total. The number of nitrogens with zero attached hydrogens (tertiary/aromatic N) is 1. The van der Waals surface area contributed by atoms with Crippen LogP contribution in [0.15, 0.2) is 0 Å². The van der Waals surface area contributed by atoms with Gasteiger partial charge in [0.1, 0.15) is 0 Å². The molecule has 1 spiro atoms. The van der Waals surface area contributed by atoms with Crippen molar-refractivity contribution in [3.05, 3.63) is 0 Å². The summed E-state index contributed by atoms with van der Waals surface area (Å²) in [4.78, 5) is 0. The minimum Gasteiger partial charge on any atom is -0.349 e. The minimum atomic E-state index is -0.577. The Morgan fingerprint density at radius 2 is 1.30 bits per heavy atom. The van der Waals surface area contributed by atoms with Gasteiger partial charge in [-0.3, -0.25) is 0 Å². The number of hydrogen-bond donors (Lipinski definition) is 0. The Kier molecular flexibility index (Phi) is 4.00. The lowest BCUT2D eigenvalue weighted by Crippen LogP contribution is -2.68. The molecule has 20 heavy (non-hydrogen) atoms. The van der Waals surface area contributed by atoms with E-state index in [2.05, 4.69) is 27.7 Å². The third-order valence-corrected chi connectivity index (χ3v) is 5.26. The van der Waals surface area contributed by atoms with Crippen LogP contribution < -0.4 is 0 Å². The maximum atomic E-state index is 12.8. The van der Waals surface area contributed by atoms with Crippen molar-refractivity contribution in [3.63, 3.8) is 0 Å². The number of piperidine rings is 1. The van der Waals surface area contributed by atoms with Crippen LogP contribution >= 0.6 is 0 Å². The van der Waals surface area contributed by atoms with Gasteiger partial charge in [0.2, 0.25) is 0 Å². The van der Waals surface area contributed by atoms with Gasteiger partial charge in [-0.2, -0.15) is 0 Å². The Morgan fingerprint density at radius 3 is 1.65 bits per heavy atom. The summed E-state index contributed by atoms with van der Waals surface area (Å²) < 4.78 is 12.4. The molecule has 117 valence electrons. The molecule has 0 saturated carbocycles. The highest BCUT2D eigenvalue weighted by Crippen LogP contribution is 2.50. The van der Waals surface area contributed by atoms with Crippen LogP contribution in [0.25, 0.3) is 0 Å². The summed E-state index contributed by atoms with van der Waals surface area (Å²) in [6, 6.07) is 0. The van der Waals surface area contributed by atoms with Gasteiger partial charge in [0, 0.05) is 18.3 Å². The van der Waals surface area contributed by atoms with Crippen LogP contribution in [0.2, 0.25) is 0 Å². The van der Waals surface area contributed by atoms with Crippen LogP contribution in [0.4, 0.5) is 0 Å². The van der Waals surface area contributed by atoms with E-state index in [1.807, 2.05) is 13.8 Å². The zero-order chi connectivity index (χ0) is 15.2. The van der Waals surface area contributed by atoms with E-state index in [4.69, 9.17) is 9.47 Å². The number of hydrogen-bond acceptors (Lipinski definition) is 3. The first-order chi connectivity index (χ1) is 9.10. The van der Waals surface area contributed by atoms with E-state index < -0.39 is 16.9 Å². The maximum absolute atomic E-state index is 12.8. The van der Waals surface area contributed by atoms with E-state index in [9.17, 15) is 5.21 Å². The Labute approximate surface area is 123 Å². The van der Waals surface area contributed by atoms with Crippen LogP contribution in [0.5, 0.6) is 0 Å². The van der Waals surface area contributed by atoms with E-state index in [0.29, 0.717) is 26.1 Å². The van der Waals surface area contributed by atoms with Crippen molar-refractivity contribution in [1.29, 1.82) is 0 Å². The minimum absolute atomic E-state index is 0.0606. The lowest BCUT2D eigenvalue weighted by Gasteiger charge is -2.58. The van der Waals surface area contributed by atoms with Crippen molar-refractivity contribution >= 4 is 0 Å². The smallest absolute Gasteiger partial charge is 0.172 e. The molecule has 0 aliphatic carbocycles. The van der Waals surface area contributed by atoms with E-state index in [0.717, 1.165) is 12.8 Å². The molecule has 2 fully saturated rings. The van der Waals surface area contributed by atoms with Gasteiger partial charge in [-0.05, 0) is 26.7 Å². The average molecular weight is 284 g/mol. The molecule has 2 aliphatic rings. The highest BCUT2D eigenvalue weighted by Gasteiger charge is 2.58. The molecule has 0 aromatic heterocycles. The molecular weight excluding hydrogens is 254 g/mol. The lowest BCUT2D eigenvalue weighted by atomic mass is 9.73. The number of ether oxygens (including phenoxy) is 2. The highest BCUT2D eigenvalue weighted by molar-refractivity contribution is 5.04. The SMILES string of the molecule is CCC1(C)CC2(CC(C)(CC)N1[O])OCC(C)(C)CO2. The molecule has 0 bridgehead atoms.